The number of benzene rings is 3. The minimum absolute atomic E-state index is 0.167. The molecule has 4 nitrogen and oxygen atoms in total. The van der Waals surface area contributed by atoms with E-state index in [0.29, 0.717) is 17.6 Å². The summed E-state index contributed by atoms with van der Waals surface area (Å²) in [4.78, 5) is 10.8. The molecule has 30 heavy (non-hydrogen) atoms. The van der Waals surface area contributed by atoms with Crippen molar-refractivity contribution in [3.8, 4) is 22.5 Å². The number of hydrogen-bond donors (Lipinski definition) is 1. The Morgan fingerprint density at radius 1 is 1.00 bits per heavy atom. The van der Waals surface area contributed by atoms with Gasteiger partial charge in [-0.2, -0.15) is 0 Å². The highest BCUT2D eigenvalue weighted by Gasteiger charge is 2.20. The zero-order valence-electron chi connectivity index (χ0n) is 17.5. The molecule has 0 fully saturated rings. The van der Waals surface area contributed by atoms with Gasteiger partial charge in [0.2, 0.25) is 0 Å². The van der Waals surface area contributed by atoms with Crippen LogP contribution in [0.25, 0.3) is 33.4 Å². The topological polar surface area (TPSA) is 63.3 Å². The van der Waals surface area contributed by atoms with Crippen LogP contribution in [0, 0.1) is 10.8 Å². The zero-order valence-corrected chi connectivity index (χ0v) is 17.5. The molecule has 2 aromatic rings. The highest BCUT2D eigenvalue weighted by atomic mass is 16.5. The first kappa shape index (κ1) is 19.9. The van der Waals surface area contributed by atoms with Crippen LogP contribution in [0.5, 0.6) is 0 Å². The van der Waals surface area contributed by atoms with E-state index in [1.54, 1.807) is 12.1 Å². The Morgan fingerprint density at radius 2 is 1.80 bits per heavy atom. The molecule has 0 saturated heterocycles. The number of carbonyl (C=O) groups excluding carboxylic acids is 1. The Labute approximate surface area is 176 Å². The molecule has 4 rings (SSSR count). The number of ether oxygens (including phenoxy) is 1. The fourth-order valence-electron chi connectivity index (χ4n) is 3.96. The number of rotatable bonds is 5. The molecule has 0 atom stereocenters. The molecule has 0 unspecified atom stereocenters. The molecule has 1 N–H and O–H groups in total. The van der Waals surface area contributed by atoms with Crippen molar-refractivity contribution >= 4 is 17.4 Å². The second-order valence-corrected chi connectivity index (χ2v) is 8.82. The van der Waals surface area contributed by atoms with E-state index in [1.807, 2.05) is 30.3 Å². The number of nitrogens with one attached hydrogen (secondary N) is 1. The summed E-state index contributed by atoms with van der Waals surface area (Å²) >= 11 is 0. The first-order valence-electron chi connectivity index (χ1n) is 10.0. The molecule has 0 amide bonds. The highest BCUT2D eigenvalue weighted by Crippen LogP contribution is 2.41. The Balaban J connectivity index is 2.02. The van der Waals surface area contributed by atoms with Crippen LogP contribution in [0.1, 0.15) is 31.9 Å². The van der Waals surface area contributed by atoms with E-state index in [0.717, 1.165) is 39.6 Å². The summed E-state index contributed by atoms with van der Waals surface area (Å²) in [5.74, 6) is 0.670. The summed E-state index contributed by atoms with van der Waals surface area (Å²) in [6.45, 7) is 7.33. The third-order valence-electron chi connectivity index (χ3n) is 5.11. The van der Waals surface area contributed by atoms with Crippen molar-refractivity contribution in [2.45, 2.75) is 33.8 Å². The smallest absolute Gasteiger partial charge is 0.293 e. The van der Waals surface area contributed by atoms with Crippen molar-refractivity contribution in [2.75, 3.05) is 0 Å². The maximum absolute atomic E-state index is 10.8. The van der Waals surface area contributed by atoms with E-state index in [9.17, 15) is 4.79 Å². The lowest BCUT2D eigenvalue weighted by atomic mass is 9.86. The minimum atomic E-state index is 0.167. The lowest BCUT2D eigenvalue weighted by Gasteiger charge is -2.20. The standard InChI is InChI=1S/C26H25NO3/c1-26(2,3)14-17-8-10-21-23(12-17)30-24-13-19(27)9-11-22(24)25(21)20-7-5-4-6-18(20)15-29-16-28/h4-13,16,27H,14-15H2,1-3H3. The summed E-state index contributed by atoms with van der Waals surface area (Å²) in [5.41, 5.74) is 6.04. The van der Waals surface area contributed by atoms with E-state index in [1.165, 1.54) is 5.56 Å². The van der Waals surface area contributed by atoms with Gasteiger partial charge in [0.15, 0.2) is 0 Å². The van der Waals surface area contributed by atoms with Gasteiger partial charge >= 0.3 is 0 Å². The van der Waals surface area contributed by atoms with Crippen molar-refractivity contribution in [2.24, 2.45) is 5.41 Å². The fraction of sp³-hybridized carbons (Fsp3) is 0.231. The number of carbonyl (C=O) groups is 1. The Kier molecular flexibility index (Phi) is 5.17. The molecule has 2 aliphatic rings. The predicted octanol–water partition coefficient (Wildman–Crippen LogP) is 5.95. The van der Waals surface area contributed by atoms with Gasteiger partial charge in [0.05, 0.1) is 5.36 Å². The molecule has 1 aliphatic heterocycles. The lowest BCUT2D eigenvalue weighted by Crippen LogP contribution is -2.09. The molecule has 152 valence electrons. The molecule has 0 radical (unpaired) electrons. The van der Waals surface area contributed by atoms with Crippen LogP contribution in [0.3, 0.4) is 0 Å². The maximum atomic E-state index is 10.8. The van der Waals surface area contributed by atoms with Crippen molar-refractivity contribution < 1.29 is 13.9 Å². The Morgan fingerprint density at radius 3 is 2.57 bits per heavy atom. The molecule has 0 aromatic heterocycles. The molecule has 0 spiro atoms. The van der Waals surface area contributed by atoms with Crippen molar-refractivity contribution in [1.82, 2.24) is 0 Å². The van der Waals surface area contributed by atoms with Crippen LogP contribution in [-0.2, 0) is 22.6 Å². The summed E-state index contributed by atoms with van der Waals surface area (Å²) in [6, 6.07) is 19.7. The van der Waals surface area contributed by atoms with Gasteiger partial charge in [-0.15, -0.1) is 0 Å². The first-order chi connectivity index (χ1) is 14.4. The zero-order chi connectivity index (χ0) is 21.3. The van der Waals surface area contributed by atoms with Crippen LogP contribution in [0.2, 0.25) is 0 Å². The van der Waals surface area contributed by atoms with Gasteiger partial charge in [0.1, 0.15) is 18.0 Å². The highest BCUT2D eigenvalue weighted by molar-refractivity contribution is 6.02. The van der Waals surface area contributed by atoms with Crippen molar-refractivity contribution in [3.05, 3.63) is 77.1 Å². The average Bonchev–Trinajstić information content (AvgIpc) is 2.69. The van der Waals surface area contributed by atoms with Gasteiger partial charge in [-0.25, -0.2) is 0 Å². The molecule has 4 heteroatoms. The fourth-order valence-corrected chi connectivity index (χ4v) is 3.96. The van der Waals surface area contributed by atoms with Crippen molar-refractivity contribution in [3.63, 3.8) is 0 Å². The van der Waals surface area contributed by atoms with E-state index in [-0.39, 0.29) is 12.0 Å². The quantitative estimate of drug-likeness (QED) is 0.333. The van der Waals surface area contributed by atoms with E-state index in [4.69, 9.17) is 14.6 Å². The summed E-state index contributed by atoms with van der Waals surface area (Å²) in [7, 11) is 0. The summed E-state index contributed by atoms with van der Waals surface area (Å²) < 4.78 is 11.3. The van der Waals surface area contributed by atoms with Gasteiger partial charge in [0, 0.05) is 22.6 Å². The van der Waals surface area contributed by atoms with Crippen LogP contribution in [0.15, 0.2) is 65.1 Å². The SMILES string of the molecule is CC(C)(C)Cc1ccc2c(-c3ccccc3COC=O)c3ccc(=N)cc-3oc2c1. The third kappa shape index (κ3) is 3.99. The van der Waals surface area contributed by atoms with Gasteiger partial charge < -0.3 is 14.6 Å². The summed E-state index contributed by atoms with van der Waals surface area (Å²) in [6.07, 6.45) is 0.939. The maximum Gasteiger partial charge on any atom is 0.293 e. The molecular formula is C26H25NO3. The van der Waals surface area contributed by atoms with Crippen molar-refractivity contribution in [1.29, 1.82) is 5.41 Å². The molecule has 1 aliphatic carbocycles. The second kappa shape index (κ2) is 7.79. The molecular weight excluding hydrogens is 374 g/mol. The number of fused-ring (bicyclic) bond motifs is 2. The molecule has 0 saturated carbocycles. The Bertz CT molecular complexity index is 1250. The first-order valence-corrected chi connectivity index (χ1v) is 10.0. The van der Waals surface area contributed by atoms with Crippen LogP contribution < -0.4 is 5.36 Å². The lowest BCUT2D eigenvalue weighted by molar-refractivity contribution is -0.129. The normalized spacial score (nSPS) is 11.7. The predicted molar refractivity (Wildman–Crippen MR) is 118 cm³/mol. The monoisotopic (exact) mass is 399 g/mol. The van der Waals surface area contributed by atoms with Crippen LogP contribution in [-0.4, -0.2) is 6.47 Å². The largest absolute Gasteiger partial charge is 0.463 e. The third-order valence-corrected chi connectivity index (χ3v) is 5.11. The van der Waals surface area contributed by atoms with E-state index < -0.39 is 0 Å². The second-order valence-electron chi connectivity index (χ2n) is 8.82. The van der Waals surface area contributed by atoms with E-state index in [2.05, 4.69) is 39.0 Å². The van der Waals surface area contributed by atoms with Gasteiger partial charge in [-0.3, -0.25) is 4.79 Å². The molecule has 2 aromatic carbocycles. The van der Waals surface area contributed by atoms with E-state index >= 15 is 0 Å². The minimum Gasteiger partial charge on any atom is -0.463 e. The molecule has 1 heterocycles. The van der Waals surface area contributed by atoms with Crippen LogP contribution in [0.4, 0.5) is 0 Å². The van der Waals surface area contributed by atoms with Gasteiger partial charge in [-0.05, 0) is 46.7 Å². The number of hydrogen-bond acceptors (Lipinski definition) is 4. The van der Waals surface area contributed by atoms with Crippen LogP contribution >= 0.6 is 0 Å². The Hall–Kier alpha value is -3.40. The van der Waals surface area contributed by atoms with Gasteiger partial charge in [0.25, 0.3) is 6.47 Å². The average molecular weight is 399 g/mol. The summed E-state index contributed by atoms with van der Waals surface area (Å²) in [5, 5.41) is 9.43. The van der Waals surface area contributed by atoms with Gasteiger partial charge in [-0.1, -0.05) is 57.2 Å². The molecule has 0 bridgehead atoms.